The lowest BCUT2D eigenvalue weighted by atomic mass is 10.00. The van der Waals surface area contributed by atoms with Gasteiger partial charge in [0.15, 0.2) is 0 Å². The van der Waals surface area contributed by atoms with Gasteiger partial charge in [0.1, 0.15) is 0 Å². The first-order valence-corrected chi connectivity index (χ1v) is 10.1. The Hall–Kier alpha value is -2.07. The summed E-state index contributed by atoms with van der Waals surface area (Å²) in [7, 11) is 1.75. The Bertz CT molecular complexity index is 1170. The number of hydrogen-bond acceptors (Lipinski definition) is 2. The standard InChI is InChI=1S/C23H22Cl2N2O/c1-4-16(13-28-3)27-11-10-17-14(2)26-22-19(6-5-7-20(22)23(17)27)18-9-8-15(24)12-21(18)25/h5-12,16H,4,13H2,1-3H3. The zero-order chi connectivity index (χ0) is 19.8. The van der Waals surface area contributed by atoms with E-state index >= 15 is 0 Å². The van der Waals surface area contributed by atoms with Crippen LogP contribution in [0.25, 0.3) is 32.9 Å². The van der Waals surface area contributed by atoms with Crippen LogP contribution in [0.4, 0.5) is 0 Å². The lowest BCUT2D eigenvalue weighted by molar-refractivity contribution is 0.155. The molecule has 0 saturated carbocycles. The highest BCUT2D eigenvalue weighted by Gasteiger charge is 2.18. The van der Waals surface area contributed by atoms with Gasteiger partial charge < -0.3 is 9.30 Å². The van der Waals surface area contributed by atoms with Crippen LogP contribution in [0.15, 0.2) is 48.7 Å². The van der Waals surface area contributed by atoms with Crippen LogP contribution < -0.4 is 0 Å². The zero-order valence-corrected chi connectivity index (χ0v) is 17.7. The van der Waals surface area contributed by atoms with Crippen molar-refractivity contribution in [3.63, 3.8) is 0 Å². The number of methoxy groups -OCH3 is 1. The van der Waals surface area contributed by atoms with Crippen LogP contribution in [0.5, 0.6) is 0 Å². The van der Waals surface area contributed by atoms with E-state index in [9.17, 15) is 0 Å². The molecule has 2 heterocycles. The number of halogens is 2. The fourth-order valence-corrected chi connectivity index (χ4v) is 4.43. The number of pyridine rings is 1. The number of nitrogens with zero attached hydrogens (tertiary/aromatic N) is 2. The van der Waals surface area contributed by atoms with Gasteiger partial charge in [-0.15, -0.1) is 0 Å². The largest absolute Gasteiger partial charge is 0.383 e. The number of benzene rings is 2. The second-order valence-corrected chi connectivity index (χ2v) is 7.87. The number of hydrogen-bond donors (Lipinski definition) is 0. The lowest BCUT2D eigenvalue weighted by Crippen LogP contribution is -2.13. The van der Waals surface area contributed by atoms with Crippen LogP contribution in [0.1, 0.15) is 25.1 Å². The first-order chi connectivity index (χ1) is 13.5. The molecule has 5 heteroatoms. The predicted molar refractivity (Wildman–Crippen MR) is 119 cm³/mol. The Kier molecular flexibility index (Phi) is 5.33. The molecule has 2 aromatic carbocycles. The fourth-order valence-electron chi connectivity index (χ4n) is 3.92. The summed E-state index contributed by atoms with van der Waals surface area (Å²) in [5.41, 5.74) is 5.09. The maximum Gasteiger partial charge on any atom is 0.0805 e. The molecule has 0 aliphatic rings. The Morgan fingerprint density at radius 3 is 2.61 bits per heavy atom. The average Bonchev–Trinajstić information content (AvgIpc) is 3.12. The van der Waals surface area contributed by atoms with E-state index in [1.54, 1.807) is 13.2 Å². The maximum atomic E-state index is 6.51. The van der Waals surface area contributed by atoms with Crippen LogP contribution in [-0.4, -0.2) is 23.3 Å². The molecule has 0 fully saturated rings. The van der Waals surface area contributed by atoms with E-state index in [0.29, 0.717) is 16.7 Å². The van der Waals surface area contributed by atoms with Crippen molar-refractivity contribution < 1.29 is 4.74 Å². The van der Waals surface area contributed by atoms with Crippen molar-refractivity contribution in [3.8, 4) is 11.1 Å². The van der Waals surface area contributed by atoms with Crippen molar-refractivity contribution in [2.45, 2.75) is 26.3 Å². The second kappa shape index (κ2) is 7.75. The molecular weight excluding hydrogens is 391 g/mol. The number of ether oxygens (including phenoxy) is 1. The molecule has 144 valence electrons. The van der Waals surface area contributed by atoms with Gasteiger partial charge in [-0.05, 0) is 31.5 Å². The van der Waals surface area contributed by atoms with E-state index < -0.39 is 0 Å². The molecule has 4 aromatic rings. The van der Waals surface area contributed by atoms with Crippen molar-refractivity contribution in [1.82, 2.24) is 9.55 Å². The summed E-state index contributed by atoms with van der Waals surface area (Å²) in [4.78, 5) is 4.95. The topological polar surface area (TPSA) is 27.1 Å². The molecule has 0 radical (unpaired) electrons. The molecule has 2 aromatic heterocycles. The van der Waals surface area contributed by atoms with Crippen molar-refractivity contribution in [2.75, 3.05) is 13.7 Å². The van der Waals surface area contributed by atoms with Gasteiger partial charge in [0, 0.05) is 50.9 Å². The number of fused-ring (bicyclic) bond motifs is 3. The van der Waals surface area contributed by atoms with Crippen LogP contribution in [0.2, 0.25) is 10.0 Å². The normalized spacial score (nSPS) is 12.8. The molecule has 4 rings (SSSR count). The molecule has 0 spiro atoms. The summed E-state index contributed by atoms with van der Waals surface area (Å²) in [5, 5.41) is 3.53. The molecular formula is C23H22Cl2N2O. The second-order valence-electron chi connectivity index (χ2n) is 7.03. The van der Waals surface area contributed by atoms with Crippen molar-refractivity contribution in [1.29, 1.82) is 0 Å². The highest BCUT2D eigenvalue weighted by molar-refractivity contribution is 6.36. The highest BCUT2D eigenvalue weighted by Crippen LogP contribution is 2.38. The van der Waals surface area contributed by atoms with Crippen LogP contribution in [0, 0.1) is 6.92 Å². The summed E-state index contributed by atoms with van der Waals surface area (Å²) in [6, 6.07) is 14.3. The minimum absolute atomic E-state index is 0.273. The number of rotatable bonds is 5. The zero-order valence-electron chi connectivity index (χ0n) is 16.2. The smallest absolute Gasteiger partial charge is 0.0805 e. The number of aromatic nitrogens is 2. The summed E-state index contributed by atoms with van der Waals surface area (Å²) in [6.45, 7) is 4.92. The van der Waals surface area contributed by atoms with Gasteiger partial charge in [0.25, 0.3) is 0 Å². The van der Waals surface area contributed by atoms with E-state index in [4.69, 9.17) is 32.9 Å². The first-order valence-electron chi connectivity index (χ1n) is 9.39. The number of aryl methyl sites for hydroxylation is 1. The molecule has 0 N–H and O–H groups in total. The monoisotopic (exact) mass is 412 g/mol. The van der Waals surface area contributed by atoms with Crippen molar-refractivity contribution in [2.24, 2.45) is 0 Å². The third kappa shape index (κ3) is 3.18. The third-order valence-electron chi connectivity index (χ3n) is 5.32. The minimum Gasteiger partial charge on any atom is -0.383 e. The number of para-hydroxylation sites is 1. The van der Waals surface area contributed by atoms with Crippen molar-refractivity contribution in [3.05, 3.63) is 64.4 Å². The van der Waals surface area contributed by atoms with E-state index in [2.05, 4.69) is 48.9 Å². The average molecular weight is 413 g/mol. The Morgan fingerprint density at radius 2 is 1.89 bits per heavy atom. The van der Waals surface area contributed by atoms with Gasteiger partial charge in [0.05, 0.1) is 23.7 Å². The molecule has 0 aliphatic carbocycles. The summed E-state index contributed by atoms with van der Waals surface area (Å²) < 4.78 is 7.79. The highest BCUT2D eigenvalue weighted by atomic mass is 35.5. The first kappa shape index (κ1) is 19.3. The van der Waals surface area contributed by atoms with Crippen LogP contribution >= 0.6 is 23.2 Å². The molecule has 0 aliphatic heterocycles. The molecule has 0 amide bonds. The summed E-state index contributed by atoms with van der Waals surface area (Å²) in [5.74, 6) is 0. The molecule has 0 bridgehead atoms. The van der Waals surface area contributed by atoms with E-state index in [1.807, 2.05) is 12.1 Å². The van der Waals surface area contributed by atoms with Gasteiger partial charge >= 0.3 is 0 Å². The van der Waals surface area contributed by atoms with E-state index in [-0.39, 0.29) is 6.04 Å². The van der Waals surface area contributed by atoms with Gasteiger partial charge in [-0.25, -0.2) is 0 Å². The lowest BCUT2D eigenvalue weighted by Gasteiger charge is -2.19. The van der Waals surface area contributed by atoms with Crippen LogP contribution in [0.3, 0.4) is 0 Å². The molecule has 1 unspecified atom stereocenters. The summed E-state index contributed by atoms with van der Waals surface area (Å²) in [6.07, 6.45) is 3.14. The Morgan fingerprint density at radius 1 is 1.07 bits per heavy atom. The van der Waals surface area contributed by atoms with Gasteiger partial charge in [-0.2, -0.15) is 0 Å². The quantitative estimate of drug-likeness (QED) is 0.350. The van der Waals surface area contributed by atoms with Gasteiger partial charge in [0.2, 0.25) is 0 Å². The molecule has 0 saturated heterocycles. The fraction of sp³-hybridized carbons (Fsp3) is 0.261. The maximum absolute atomic E-state index is 6.51. The van der Waals surface area contributed by atoms with E-state index in [1.165, 1.54) is 10.9 Å². The van der Waals surface area contributed by atoms with Gasteiger partial charge in [-0.1, -0.05) is 54.4 Å². The predicted octanol–water partition coefficient (Wildman–Crippen LogP) is 7.07. The Labute approximate surface area is 174 Å². The minimum atomic E-state index is 0.273. The van der Waals surface area contributed by atoms with Crippen molar-refractivity contribution >= 4 is 45.0 Å². The molecule has 1 atom stereocenters. The summed E-state index contributed by atoms with van der Waals surface area (Å²) >= 11 is 12.6. The Balaban J connectivity index is 2.05. The third-order valence-corrected chi connectivity index (χ3v) is 5.87. The molecule has 3 nitrogen and oxygen atoms in total. The van der Waals surface area contributed by atoms with E-state index in [0.717, 1.165) is 34.1 Å². The molecule has 28 heavy (non-hydrogen) atoms. The van der Waals surface area contributed by atoms with Gasteiger partial charge in [-0.3, -0.25) is 4.98 Å². The SMILES string of the molecule is CCC(COC)n1ccc2c(C)nc3c(-c4ccc(Cl)cc4Cl)cccc3c21. The van der Waals surface area contributed by atoms with Crippen LogP contribution in [-0.2, 0) is 4.74 Å².